The van der Waals surface area contributed by atoms with Crippen LogP contribution in [-0.4, -0.2) is 42.2 Å². The summed E-state index contributed by atoms with van der Waals surface area (Å²) in [5.74, 6) is 0. The van der Waals surface area contributed by atoms with Crippen molar-refractivity contribution in [2.24, 2.45) is 5.73 Å². The summed E-state index contributed by atoms with van der Waals surface area (Å²) in [5.41, 5.74) is 6.89. The molecule has 0 atom stereocenters. The van der Waals surface area contributed by atoms with Gasteiger partial charge in [0.2, 0.25) is 0 Å². The Morgan fingerprint density at radius 3 is 2.67 bits per heavy atom. The molecule has 4 heteroatoms. The lowest BCUT2D eigenvalue weighted by atomic mass is 10.1. The third-order valence-electron chi connectivity index (χ3n) is 2.69. The van der Waals surface area contributed by atoms with Crippen LogP contribution in [0.5, 0.6) is 0 Å². The molecule has 82 valence electrons. The summed E-state index contributed by atoms with van der Waals surface area (Å²) >= 11 is 0. The number of pyridine rings is 1. The Morgan fingerprint density at radius 1 is 1.40 bits per heavy atom. The van der Waals surface area contributed by atoms with Crippen LogP contribution < -0.4 is 5.73 Å². The van der Waals surface area contributed by atoms with Gasteiger partial charge < -0.3 is 10.5 Å². The number of rotatable bonds is 5. The molecule has 0 radical (unpaired) electrons. The van der Waals surface area contributed by atoms with Crippen molar-refractivity contribution in [3.05, 3.63) is 30.1 Å². The predicted octanol–water partition coefficient (Wildman–Crippen LogP) is 0.241. The van der Waals surface area contributed by atoms with Crippen molar-refractivity contribution in [3.63, 3.8) is 0 Å². The number of aromatic nitrogens is 1. The second-order valence-electron chi connectivity index (χ2n) is 3.81. The van der Waals surface area contributed by atoms with Gasteiger partial charge in [-0.1, -0.05) is 0 Å². The van der Waals surface area contributed by atoms with Crippen LogP contribution in [0.1, 0.15) is 5.56 Å². The van der Waals surface area contributed by atoms with E-state index >= 15 is 0 Å². The van der Waals surface area contributed by atoms with Crippen molar-refractivity contribution >= 4 is 0 Å². The van der Waals surface area contributed by atoms with Crippen LogP contribution in [0.4, 0.5) is 0 Å². The smallest absolute Gasteiger partial charge is 0.0645 e. The molecular formula is C11H17N3O. The van der Waals surface area contributed by atoms with E-state index < -0.39 is 0 Å². The first-order valence-corrected chi connectivity index (χ1v) is 5.31. The van der Waals surface area contributed by atoms with E-state index in [1.807, 2.05) is 24.5 Å². The van der Waals surface area contributed by atoms with E-state index in [0.29, 0.717) is 12.6 Å². The number of hydrogen-bond acceptors (Lipinski definition) is 4. The monoisotopic (exact) mass is 207 g/mol. The van der Waals surface area contributed by atoms with Crippen LogP contribution in [0, 0.1) is 0 Å². The summed E-state index contributed by atoms with van der Waals surface area (Å²) in [6, 6.07) is 4.63. The van der Waals surface area contributed by atoms with Crippen molar-refractivity contribution in [1.29, 1.82) is 0 Å². The van der Waals surface area contributed by atoms with Gasteiger partial charge in [0.25, 0.3) is 0 Å². The third kappa shape index (κ3) is 2.75. The van der Waals surface area contributed by atoms with Gasteiger partial charge in [-0.3, -0.25) is 9.88 Å². The normalized spacial score (nSPS) is 16.7. The summed E-state index contributed by atoms with van der Waals surface area (Å²) in [7, 11) is 0. The van der Waals surface area contributed by atoms with Crippen LogP contribution in [0.2, 0.25) is 0 Å². The molecule has 1 aliphatic rings. The molecule has 2 heterocycles. The lowest BCUT2D eigenvalue weighted by molar-refractivity contribution is -0.0669. The Labute approximate surface area is 90.0 Å². The van der Waals surface area contributed by atoms with Gasteiger partial charge in [-0.2, -0.15) is 0 Å². The van der Waals surface area contributed by atoms with Gasteiger partial charge in [-0.25, -0.2) is 0 Å². The number of nitrogens with zero attached hydrogens (tertiary/aromatic N) is 2. The standard InChI is InChI=1S/C11H17N3O/c12-3-6-14(11-8-15-9-11)7-10-1-4-13-5-2-10/h1-2,4-5,11H,3,6-9,12H2. The minimum atomic E-state index is 0.543. The minimum Gasteiger partial charge on any atom is -0.378 e. The van der Waals surface area contributed by atoms with Crippen molar-refractivity contribution in [2.45, 2.75) is 12.6 Å². The van der Waals surface area contributed by atoms with E-state index in [1.165, 1.54) is 5.56 Å². The molecular weight excluding hydrogens is 190 g/mol. The molecule has 0 aromatic carbocycles. The van der Waals surface area contributed by atoms with E-state index in [-0.39, 0.29) is 0 Å². The maximum Gasteiger partial charge on any atom is 0.0645 e. The van der Waals surface area contributed by atoms with Crippen LogP contribution >= 0.6 is 0 Å². The molecule has 1 aromatic rings. The number of nitrogens with two attached hydrogens (primary N) is 1. The van der Waals surface area contributed by atoms with Crippen molar-refractivity contribution < 1.29 is 4.74 Å². The van der Waals surface area contributed by atoms with Crippen molar-refractivity contribution in [3.8, 4) is 0 Å². The number of ether oxygens (including phenoxy) is 1. The minimum absolute atomic E-state index is 0.543. The predicted molar refractivity (Wildman–Crippen MR) is 58.3 cm³/mol. The first-order chi connectivity index (χ1) is 7.40. The molecule has 0 saturated carbocycles. The molecule has 1 aromatic heterocycles. The molecule has 0 spiro atoms. The second kappa shape index (κ2) is 5.21. The fourth-order valence-electron chi connectivity index (χ4n) is 1.71. The Morgan fingerprint density at radius 2 is 2.13 bits per heavy atom. The summed E-state index contributed by atoms with van der Waals surface area (Å²) in [6.07, 6.45) is 3.65. The zero-order valence-corrected chi connectivity index (χ0v) is 8.80. The molecule has 0 amide bonds. The lowest BCUT2D eigenvalue weighted by Crippen LogP contribution is -2.50. The molecule has 4 nitrogen and oxygen atoms in total. The van der Waals surface area contributed by atoms with Gasteiger partial charge in [0.05, 0.1) is 19.3 Å². The lowest BCUT2D eigenvalue weighted by Gasteiger charge is -2.37. The molecule has 0 bridgehead atoms. The first kappa shape index (κ1) is 10.5. The first-order valence-electron chi connectivity index (χ1n) is 5.31. The van der Waals surface area contributed by atoms with Gasteiger partial charge in [0, 0.05) is 32.0 Å². The Balaban J connectivity index is 1.93. The van der Waals surface area contributed by atoms with Gasteiger partial charge in [-0.15, -0.1) is 0 Å². The topological polar surface area (TPSA) is 51.4 Å². The summed E-state index contributed by atoms with van der Waals surface area (Å²) < 4.78 is 5.21. The highest BCUT2D eigenvalue weighted by Crippen LogP contribution is 2.13. The Kier molecular flexibility index (Phi) is 3.66. The zero-order valence-electron chi connectivity index (χ0n) is 8.80. The zero-order chi connectivity index (χ0) is 10.5. The average molecular weight is 207 g/mol. The highest BCUT2D eigenvalue weighted by molar-refractivity contribution is 5.09. The number of hydrogen-bond donors (Lipinski definition) is 1. The van der Waals surface area contributed by atoms with Gasteiger partial charge >= 0.3 is 0 Å². The van der Waals surface area contributed by atoms with Gasteiger partial charge in [-0.05, 0) is 17.7 Å². The fourth-order valence-corrected chi connectivity index (χ4v) is 1.71. The van der Waals surface area contributed by atoms with E-state index in [1.54, 1.807) is 0 Å². The molecule has 15 heavy (non-hydrogen) atoms. The van der Waals surface area contributed by atoms with Crippen LogP contribution in [0.25, 0.3) is 0 Å². The summed E-state index contributed by atoms with van der Waals surface area (Å²) in [5, 5.41) is 0. The van der Waals surface area contributed by atoms with E-state index in [2.05, 4.69) is 9.88 Å². The summed E-state index contributed by atoms with van der Waals surface area (Å²) in [4.78, 5) is 6.38. The van der Waals surface area contributed by atoms with Gasteiger partial charge in [0.1, 0.15) is 0 Å². The third-order valence-corrected chi connectivity index (χ3v) is 2.69. The molecule has 1 aliphatic heterocycles. The molecule has 2 N–H and O–H groups in total. The second-order valence-corrected chi connectivity index (χ2v) is 3.81. The molecule has 0 aliphatic carbocycles. The Bertz CT molecular complexity index is 287. The average Bonchev–Trinajstić information content (AvgIpc) is 2.17. The molecule has 1 saturated heterocycles. The molecule has 2 rings (SSSR count). The van der Waals surface area contributed by atoms with Crippen molar-refractivity contribution in [2.75, 3.05) is 26.3 Å². The molecule has 0 unspecified atom stereocenters. The highest BCUT2D eigenvalue weighted by atomic mass is 16.5. The van der Waals surface area contributed by atoms with E-state index in [4.69, 9.17) is 10.5 Å². The highest BCUT2D eigenvalue weighted by Gasteiger charge is 2.25. The van der Waals surface area contributed by atoms with Crippen LogP contribution in [-0.2, 0) is 11.3 Å². The van der Waals surface area contributed by atoms with Crippen LogP contribution in [0.15, 0.2) is 24.5 Å². The quantitative estimate of drug-likeness (QED) is 0.751. The maximum absolute atomic E-state index is 5.60. The fraction of sp³-hybridized carbons (Fsp3) is 0.545. The van der Waals surface area contributed by atoms with Crippen LogP contribution in [0.3, 0.4) is 0 Å². The van der Waals surface area contributed by atoms with E-state index in [9.17, 15) is 0 Å². The summed E-state index contributed by atoms with van der Waals surface area (Å²) in [6.45, 7) is 4.24. The van der Waals surface area contributed by atoms with Crippen molar-refractivity contribution in [1.82, 2.24) is 9.88 Å². The van der Waals surface area contributed by atoms with Gasteiger partial charge in [0.15, 0.2) is 0 Å². The SMILES string of the molecule is NCCN(Cc1ccncc1)C1COC1. The maximum atomic E-state index is 5.60. The molecule has 1 fully saturated rings. The van der Waals surface area contributed by atoms with E-state index in [0.717, 1.165) is 26.3 Å². The Hall–Kier alpha value is -0.970. The largest absolute Gasteiger partial charge is 0.378 e.